The summed E-state index contributed by atoms with van der Waals surface area (Å²) in [6, 6.07) is 6.75. The molecule has 0 spiro atoms. The third-order valence-electron chi connectivity index (χ3n) is 3.79. The minimum Gasteiger partial charge on any atom is -0.338 e. The number of nitriles is 1. The van der Waals surface area contributed by atoms with Gasteiger partial charge in [0.1, 0.15) is 0 Å². The topological polar surface area (TPSA) is 44.1 Å². The Morgan fingerprint density at radius 2 is 1.84 bits per heavy atom. The third kappa shape index (κ3) is 7.00. The second-order valence-electron chi connectivity index (χ2n) is 6.32. The molecule has 0 radical (unpaired) electrons. The van der Waals surface area contributed by atoms with Gasteiger partial charge < -0.3 is 4.90 Å². The van der Waals surface area contributed by atoms with Gasteiger partial charge in [0.15, 0.2) is 0 Å². The summed E-state index contributed by atoms with van der Waals surface area (Å²) in [6.45, 7) is 6.69. The molecule has 0 aliphatic heterocycles. The number of hydrogen-bond acceptors (Lipinski definition) is 2. The lowest BCUT2D eigenvalue weighted by Gasteiger charge is -2.21. The van der Waals surface area contributed by atoms with E-state index in [0.717, 1.165) is 18.6 Å². The van der Waals surface area contributed by atoms with E-state index in [-0.39, 0.29) is 12.3 Å². The molecule has 3 nitrogen and oxygen atoms in total. The summed E-state index contributed by atoms with van der Waals surface area (Å²) in [7, 11) is 0. The Morgan fingerprint density at radius 1 is 1.24 bits per heavy atom. The summed E-state index contributed by atoms with van der Waals surface area (Å²) in [5.41, 5.74) is 0.429. The van der Waals surface area contributed by atoms with Crippen LogP contribution in [0.2, 0.25) is 0 Å². The number of allylic oxidation sites excluding steroid dienone is 1. The second-order valence-corrected chi connectivity index (χ2v) is 6.32. The predicted molar refractivity (Wildman–Crippen MR) is 91.4 cm³/mol. The second kappa shape index (κ2) is 9.26. The molecule has 0 atom stereocenters. The fourth-order valence-electron chi connectivity index (χ4n) is 2.21. The fourth-order valence-corrected chi connectivity index (χ4v) is 2.21. The van der Waals surface area contributed by atoms with Crippen LogP contribution in [-0.4, -0.2) is 23.9 Å². The lowest BCUT2D eigenvalue weighted by atomic mass is 10.0. The molecule has 0 aromatic heterocycles. The lowest BCUT2D eigenvalue weighted by molar-refractivity contribution is -0.137. The van der Waals surface area contributed by atoms with Crippen molar-refractivity contribution in [2.45, 2.75) is 39.8 Å². The normalized spacial score (nSPS) is 12.2. The van der Waals surface area contributed by atoms with Gasteiger partial charge in [0, 0.05) is 19.2 Å². The van der Waals surface area contributed by atoms with Gasteiger partial charge in [-0.05, 0) is 42.5 Å². The number of hydrogen-bond donors (Lipinski definition) is 0. The minimum atomic E-state index is -4.38. The van der Waals surface area contributed by atoms with E-state index < -0.39 is 11.7 Å². The average molecular weight is 352 g/mol. The van der Waals surface area contributed by atoms with Gasteiger partial charge in [0.25, 0.3) is 0 Å². The highest BCUT2D eigenvalue weighted by Gasteiger charge is 2.29. The van der Waals surface area contributed by atoms with Gasteiger partial charge in [-0.15, -0.1) is 0 Å². The zero-order valence-corrected chi connectivity index (χ0v) is 14.7. The van der Waals surface area contributed by atoms with Gasteiger partial charge in [0.05, 0.1) is 18.1 Å². The summed E-state index contributed by atoms with van der Waals surface area (Å²) in [4.78, 5) is 14.0. The number of nitrogens with zero attached hydrogens (tertiary/aromatic N) is 2. The Bertz CT molecular complexity index is 640. The molecule has 0 saturated carbocycles. The van der Waals surface area contributed by atoms with Crippen molar-refractivity contribution in [3.8, 4) is 6.07 Å². The molecule has 1 amide bonds. The summed E-state index contributed by atoms with van der Waals surface area (Å²) in [5.74, 6) is 0.200. The number of halogens is 3. The summed E-state index contributed by atoms with van der Waals surface area (Å²) >= 11 is 0. The van der Waals surface area contributed by atoms with Crippen molar-refractivity contribution < 1.29 is 18.0 Å². The average Bonchev–Trinajstić information content (AvgIpc) is 2.53. The zero-order chi connectivity index (χ0) is 19.0. The van der Waals surface area contributed by atoms with Crippen LogP contribution < -0.4 is 0 Å². The molecule has 1 aromatic carbocycles. The molecule has 136 valence electrons. The third-order valence-corrected chi connectivity index (χ3v) is 3.79. The molecule has 0 aliphatic carbocycles. The molecule has 0 N–H and O–H groups in total. The van der Waals surface area contributed by atoms with Crippen LogP contribution >= 0.6 is 0 Å². The van der Waals surface area contributed by atoms with E-state index in [1.54, 1.807) is 11.8 Å². The fraction of sp³-hybridized carbons (Fsp3) is 0.474. The molecule has 0 aliphatic rings. The minimum absolute atomic E-state index is 0.228. The maximum absolute atomic E-state index is 12.6. The van der Waals surface area contributed by atoms with Gasteiger partial charge in [-0.1, -0.05) is 26.0 Å². The van der Waals surface area contributed by atoms with E-state index in [1.165, 1.54) is 18.2 Å². The smallest absolute Gasteiger partial charge is 0.338 e. The SMILES string of the molecule is C/C(=C/C(=O)N(CCC#N)CCC(C)C)c1ccc(C(F)(F)F)cc1. The van der Waals surface area contributed by atoms with E-state index in [2.05, 4.69) is 13.8 Å². The van der Waals surface area contributed by atoms with Gasteiger partial charge in [0.2, 0.25) is 5.91 Å². The van der Waals surface area contributed by atoms with Crippen LogP contribution in [0.15, 0.2) is 30.3 Å². The molecule has 6 heteroatoms. The molecule has 0 heterocycles. The van der Waals surface area contributed by atoms with Crippen LogP contribution in [0.1, 0.15) is 44.7 Å². The Balaban J connectivity index is 2.89. The van der Waals surface area contributed by atoms with Crippen LogP contribution in [0.4, 0.5) is 13.2 Å². The van der Waals surface area contributed by atoms with Gasteiger partial charge >= 0.3 is 6.18 Å². The number of benzene rings is 1. The van der Waals surface area contributed by atoms with E-state index >= 15 is 0 Å². The van der Waals surface area contributed by atoms with Crippen molar-refractivity contribution >= 4 is 11.5 Å². The van der Waals surface area contributed by atoms with Crippen LogP contribution in [0, 0.1) is 17.2 Å². The Labute approximate surface area is 146 Å². The maximum atomic E-state index is 12.6. The summed E-state index contributed by atoms with van der Waals surface area (Å²) < 4.78 is 37.8. The number of amides is 1. The standard InChI is InChI=1S/C19H23F3N2O/c1-14(2)9-12-24(11-4-10-23)18(25)13-15(3)16-5-7-17(8-6-16)19(20,21)22/h5-8,13-14H,4,9,11-12H2,1-3H3/b15-13-. The molecule has 0 fully saturated rings. The van der Waals surface area contributed by atoms with E-state index in [1.807, 2.05) is 6.07 Å². The Kier molecular flexibility index (Phi) is 7.69. The Hall–Kier alpha value is -2.29. The van der Waals surface area contributed by atoms with Crippen LogP contribution in [0.25, 0.3) is 5.57 Å². The van der Waals surface area contributed by atoms with Crippen LogP contribution in [0.5, 0.6) is 0 Å². The van der Waals surface area contributed by atoms with Crippen molar-refractivity contribution in [2.75, 3.05) is 13.1 Å². The number of rotatable bonds is 7. The summed E-state index contributed by atoms with van der Waals surface area (Å²) in [5, 5.41) is 8.73. The van der Waals surface area contributed by atoms with E-state index in [0.29, 0.717) is 30.1 Å². The molecule has 1 rings (SSSR count). The number of carbonyl (C=O) groups is 1. The van der Waals surface area contributed by atoms with E-state index in [4.69, 9.17) is 5.26 Å². The number of carbonyl (C=O) groups excluding carboxylic acids is 1. The van der Waals surface area contributed by atoms with Crippen molar-refractivity contribution in [2.24, 2.45) is 5.92 Å². The van der Waals surface area contributed by atoms with Crippen molar-refractivity contribution in [1.29, 1.82) is 5.26 Å². The molecule has 0 saturated heterocycles. The lowest BCUT2D eigenvalue weighted by Crippen LogP contribution is -2.32. The van der Waals surface area contributed by atoms with Crippen LogP contribution in [0.3, 0.4) is 0 Å². The van der Waals surface area contributed by atoms with Crippen molar-refractivity contribution in [3.63, 3.8) is 0 Å². The van der Waals surface area contributed by atoms with Gasteiger partial charge in [-0.3, -0.25) is 4.79 Å². The predicted octanol–water partition coefficient (Wildman–Crippen LogP) is 4.90. The highest BCUT2D eigenvalue weighted by atomic mass is 19.4. The first-order valence-electron chi connectivity index (χ1n) is 8.17. The molecule has 25 heavy (non-hydrogen) atoms. The Morgan fingerprint density at radius 3 is 2.32 bits per heavy atom. The molecule has 0 unspecified atom stereocenters. The first-order valence-corrected chi connectivity index (χ1v) is 8.17. The van der Waals surface area contributed by atoms with E-state index in [9.17, 15) is 18.0 Å². The molecular formula is C19H23F3N2O. The van der Waals surface area contributed by atoms with Crippen molar-refractivity contribution in [3.05, 3.63) is 41.5 Å². The molecule has 1 aromatic rings. The van der Waals surface area contributed by atoms with Crippen molar-refractivity contribution in [1.82, 2.24) is 4.90 Å². The van der Waals surface area contributed by atoms with Crippen LogP contribution in [-0.2, 0) is 11.0 Å². The molecule has 0 bridgehead atoms. The highest BCUT2D eigenvalue weighted by Crippen LogP contribution is 2.30. The zero-order valence-electron chi connectivity index (χ0n) is 14.7. The summed E-state index contributed by atoms with van der Waals surface area (Å²) in [6.07, 6.45) is -1.89. The highest BCUT2D eigenvalue weighted by molar-refractivity contribution is 5.94. The molecular weight excluding hydrogens is 329 g/mol. The first-order chi connectivity index (χ1) is 11.6. The monoisotopic (exact) mass is 352 g/mol. The quantitative estimate of drug-likeness (QED) is 0.655. The maximum Gasteiger partial charge on any atom is 0.416 e. The first kappa shape index (κ1) is 20.8. The number of alkyl halides is 3. The van der Waals surface area contributed by atoms with Gasteiger partial charge in [-0.25, -0.2) is 0 Å². The van der Waals surface area contributed by atoms with Gasteiger partial charge in [-0.2, -0.15) is 18.4 Å². The largest absolute Gasteiger partial charge is 0.416 e.